The maximum Gasteiger partial charge on any atom is 0.242 e. The SMILES string of the molecule is CC1(C)N[C@H](C(=O)Nc2cc(C(C)(C)C)cc(C(C)(C)C)c2)CS1. The number of carbonyl (C=O) groups is 1. The predicted octanol–water partition coefficient (Wildman–Crippen LogP) is 4.66. The summed E-state index contributed by atoms with van der Waals surface area (Å²) in [5, 5.41) is 6.52. The van der Waals surface area contributed by atoms with Crippen LogP contribution in [0.3, 0.4) is 0 Å². The fourth-order valence-electron chi connectivity index (χ4n) is 2.73. The second kappa shape index (κ2) is 6.38. The third kappa shape index (κ3) is 4.76. The Morgan fingerprint density at radius 2 is 1.58 bits per heavy atom. The summed E-state index contributed by atoms with van der Waals surface area (Å²) < 4.78 is 0. The molecule has 1 aliphatic heterocycles. The molecule has 1 heterocycles. The summed E-state index contributed by atoms with van der Waals surface area (Å²) in [5.41, 5.74) is 3.49. The molecule has 1 fully saturated rings. The minimum Gasteiger partial charge on any atom is -0.325 e. The van der Waals surface area contributed by atoms with Gasteiger partial charge in [0.1, 0.15) is 0 Å². The minimum atomic E-state index is -0.138. The maximum atomic E-state index is 12.6. The number of anilines is 1. The molecule has 1 aliphatic rings. The summed E-state index contributed by atoms with van der Waals surface area (Å²) in [7, 11) is 0. The van der Waals surface area contributed by atoms with Crippen molar-refractivity contribution in [2.75, 3.05) is 11.1 Å². The van der Waals surface area contributed by atoms with Crippen molar-refractivity contribution in [3.63, 3.8) is 0 Å². The number of rotatable bonds is 2. The van der Waals surface area contributed by atoms with Crippen LogP contribution in [0.25, 0.3) is 0 Å². The van der Waals surface area contributed by atoms with Crippen LogP contribution < -0.4 is 10.6 Å². The molecule has 0 unspecified atom stereocenters. The van der Waals surface area contributed by atoms with Crippen molar-refractivity contribution in [1.82, 2.24) is 5.32 Å². The number of hydrogen-bond donors (Lipinski definition) is 2. The van der Waals surface area contributed by atoms with Crippen molar-refractivity contribution in [3.05, 3.63) is 29.3 Å². The van der Waals surface area contributed by atoms with Gasteiger partial charge in [-0.1, -0.05) is 47.6 Å². The summed E-state index contributed by atoms with van der Waals surface area (Å²) >= 11 is 1.79. The Morgan fingerprint density at radius 3 is 1.96 bits per heavy atom. The zero-order valence-corrected chi connectivity index (χ0v) is 17.1. The van der Waals surface area contributed by atoms with E-state index in [2.05, 4.69) is 84.2 Å². The molecule has 134 valence electrons. The lowest BCUT2D eigenvalue weighted by atomic mass is 9.80. The third-order valence-corrected chi connectivity index (χ3v) is 5.72. The predicted molar refractivity (Wildman–Crippen MR) is 106 cm³/mol. The Labute approximate surface area is 151 Å². The van der Waals surface area contributed by atoms with E-state index in [9.17, 15) is 4.79 Å². The molecule has 0 spiro atoms. The highest BCUT2D eigenvalue weighted by atomic mass is 32.2. The average Bonchev–Trinajstić information content (AvgIpc) is 2.77. The highest BCUT2D eigenvalue weighted by molar-refractivity contribution is 8.00. The summed E-state index contributed by atoms with van der Waals surface area (Å²) in [6, 6.07) is 6.35. The lowest BCUT2D eigenvalue weighted by Crippen LogP contribution is -2.44. The van der Waals surface area contributed by atoms with Gasteiger partial charge >= 0.3 is 0 Å². The Hall–Kier alpha value is -1.00. The molecular weight excluding hydrogens is 316 g/mol. The van der Waals surface area contributed by atoms with Crippen LogP contribution in [-0.4, -0.2) is 22.6 Å². The first-order valence-corrected chi connectivity index (χ1v) is 9.65. The van der Waals surface area contributed by atoms with Crippen LogP contribution in [-0.2, 0) is 15.6 Å². The van der Waals surface area contributed by atoms with E-state index < -0.39 is 0 Å². The van der Waals surface area contributed by atoms with Crippen molar-refractivity contribution in [2.45, 2.75) is 77.1 Å². The van der Waals surface area contributed by atoms with E-state index in [-0.39, 0.29) is 27.6 Å². The molecule has 0 saturated carbocycles. The first-order chi connectivity index (χ1) is 10.8. The molecule has 24 heavy (non-hydrogen) atoms. The maximum absolute atomic E-state index is 12.6. The Morgan fingerprint density at radius 1 is 1.08 bits per heavy atom. The molecule has 0 radical (unpaired) electrons. The monoisotopic (exact) mass is 348 g/mol. The van der Waals surface area contributed by atoms with Gasteiger partial charge in [-0.2, -0.15) is 0 Å². The van der Waals surface area contributed by atoms with Crippen LogP contribution in [0.2, 0.25) is 0 Å². The molecule has 1 atom stereocenters. The lowest BCUT2D eigenvalue weighted by Gasteiger charge is -2.26. The van der Waals surface area contributed by atoms with Crippen LogP contribution in [0.5, 0.6) is 0 Å². The fourth-order valence-corrected chi connectivity index (χ4v) is 3.77. The van der Waals surface area contributed by atoms with E-state index in [0.29, 0.717) is 0 Å². The van der Waals surface area contributed by atoms with E-state index in [1.807, 2.05) is 0 Å². The van der Waals surface area contributed by atoms with Gasteiger partial charge in [0.2, 0.25) is 5.91 Å². The molecular formula is C20H32N2OS. The molecule has 0 aromatic heterocycles. The first-order valence-electron chi connectivity index (χ1n) is 8.66. The number of nitrogens with one attached hydrogen (secondary N) is 2. The van der Waals surface area contributed by atoms with Crippen LogP contribution in [0.4, 0.5) is 5.69 Å². The molecule has 3 nitrogen and oxygen atoms in total. The van der Waals surface area contributed by atoms with E-state index in [4.69, 9.17) is 0 Å². The topological polar surface area (TPSA) is 41.1 Å². The van der Waals surface area contributed by atoms with Gasteiger partial charge in [0.05, 0.1) is 10.9 Å². The molecule has 1 saturated heterocycles. The van der Waals surface area contributed by atoms with Gasteiger partial charge in [-0.15, -0.1) is 11.8 Å². The fraction of sp³-hybridized carbons (Fsp3) is 0.650. The molecule has 2 rings (SSSR count). The van der Waals surface area contributed by atoms with Crippen molar-refractivity contribution >= 4 is 23.4 Å². The molecule has 4 heteroatoms. The van der Waals surface area contributed by atoms with E-state index >= 15 is 0 Å². The Balaban J connectivity index is 2.28. The van der Waals surface area contributed by atoms with Gasteiger partial charge in [0.15, 0.2) is 0 Å². The van der Waals surface area contributed by atoms with Crippen LogP contribution >= 0.6 is 11.8 Å². The summed E-state index contributed by atoms with van der Waals surface area (Å²) in [6.07, 6.45) is 0. The molecule has 0 aliphatic carbocycles. The van der Waals surface area contributed by atoms with Gasteiger partial charge in [-0.3, -0.25) is 10.1 Å². The molecule has 1 amide bonds. The van der Waals surface area contributed by atoms with Gasteiger partial charge in [0.25, 0.3) is 0 Å². The number of benzene rings is 1. The van der Waals surface area contributed by atoms with Crippen molar-refractivity contribution < 1.29 is 4.79 Å². The zero-order chi connectivity index (χ0) is 18.3. The zero-order valence-electron chi connectivity index (χ0n) is 16.3. The average molecular weight is 349 g/mol. The summed E-state index contributed by atoms with van der Waals surface area (Å²) in [5.74, 6) is 0.864. The quantitative estimate of drug-likeness (QED) is 0.816. The second-order valence-electron chi connectivity index (χ2n) is 9.31. The minimum absolute atomic E-state index is 0.0359. The Bertz CT molecular complexity index is 591. The molecule has 2 N–H and O–H groups in total. The lowest BCUT2D eigenvalue weighted by molar-refractivity contribution is -0.117. The first kappa shape index (κ1) is 19.3. The standard InChI is InChI=1S/C20H32N2OS/c1-18(2,3)13-9-14(19(4,5)6)11-15(10-13)21-17(23)16-12-24-20(7,8)22-16/h9-11,16,22H,12H2,1-8H3,(H,21,23)/t16-/m0/s1. The Kier molecular flexibility index (Phi) is 5.14. The molecule has 1 aromatic carbocycles. The van der Waals surface area contributed by atoms with Crippen molar-refractivity contribution in [3.8, 4) is 0 Å². The van der Waals surface area contributed by atoms with E-state index in [0.717, 1.165) is 11.4 Å². The molecule has 0 bridgehead atoms. The second-order valence-corrected chi connectivity index (χ2v) is 10.9. The normalized spacial score (nSPS) is 20.9. The summed E-state index contributed by atoms with van der Waals surface area (Å²) in [4.78, 5) is 12.6. The van der Waals surface area contributed by atoms with Crippen LogP contribution in [0.15, 0.2) is 18.2 Å². The van der Waals surface area contributed by atoms with Gasteiger partial charge in [-0.05, 0) is 47.9 Å². The van der Waals surface area contributed by atoms with Crippen molar-refractivity contribution in [2.24, 2.45) is 0 Å². The number of thioether (sulfide) groups is 1. The van der Waals surface area contributed by atoms with Gasteiger partial charge in [-0.25, -0.2) is 0 Å². The van der Waals surface area contributed by atoms with Crippen molar-refractivity contribution in [1.29, 1.82) is 0 Å². The number of hydrogen-bond acceptors (Lipinski definition) is 3. The highest BCUT2D eigenvalue weighted by Crippen LogP contribution is 2.33. The third-order valence-electron chi connectivity index (χ3n) is 4.38. The number of carbonyl (C=O) groups excluding carboxylic acids is 1. The number of amides is 1. The molecule has 1 aromatic rings. The van der Waals surface area contributed by atoms with E-state index in [1.54, 1.807) is 11.8 Å². The highest BCUT2D eigenvalue weighted by Gasteiger charge is 2.35. The van der Waals surface area contributed by atoms with Crippen LogP contribution in [0, 0.1) is 0 Å². The largest absolute Gasteiger partial charge is 0.325 e. The van der Waals surface area contributed by atoms with Gasteiger partial charge < -0.3 is 5.32 Å². The van der Waals surface area contributed by atoms with Crippen LogP contribution in [0.1, 0.15) is 66.5 Å². The van der Waals surface area contributed by atoms with E-state index in [1.165, 1.54) is 11.1 Å². The summed E-state index contributed by atoms with van der Waals surface area (Å²) in [6.45, 7) is 17.5. The van der Waals surface area contributed by atoms with Gasteiger partial charge in [0, 0.05) is 11.4 Å². The smallest absolute Gasteiger partial charge is 0.242 e.